The third-order valence-electron chi connectivity index (χ3n) is 1.93. The van der Waals surface area contributed by atoms with Gasteiger partial charge in [-0.05, 0) is 26.2 Å². The summed E-state index contributed by atoms with van der Waals surface area (Å²) in [6.07, 6.45) is 6.53. The van der Waals surface area contributed by atoms with Gasteiger partial charge in [0.2, 0.25) is 0 Å². The molecule has 0 aromatic heterocycles. The van der Waals surface area contributed by atoms with Crippen LogP contribution in [0.1, 0.15) is 40.0 Å². The van der Waals surface area contributed by atoms with Crippen molar-refractivity contribution in [3.8, 4) is 0 Å². The third kappa shape index (κ3) is 5.45. The van der Waals surface area contributed by atoms with Gasteiger partial charge in [-0.3, -0.25) is 4.79 Å². The highest BCUT2D eigenvalue weighted by molar-refractivity contribution is 5.72. The average molecular weight is 184 g/mol. The molecule has 0 fully saturated rings. The highest BCUT2D eigenvalue weighted by Gasteiger charge is 2.15. The fourth-order valence-corrected chi connectivity index (χ4v) is 1.05. The van der Waals surface area contributed by atoms with Gasteiger partial charge in [-0.2, -0.15) is 0 Å². The SMILES string of the molecule is CC=CCC(CC)C(=O)OCCC. The number of rotatable bonds is 6. The Labute approximate surface area is 81.0 Å². The monoisotopic (exact) mass is 184 g/mol. The molecule has 0 saturated heterocycles. The molecule has 0 aromatic rings. The molecule has 0 spiro atoms. The highest BCUT2D eigenvalue weighted by Crippen LogP contribution is 2.11. The van der Waals surface area contributed by atoms with Gasteiger partial charge in [-0.1, -0.05) is 26.0 Å². The molecule has 0 radical (unpaired) electrons. The minimum absolute atomic E-state index is 0.0442. The topological polar surface area (TPSA) is 26.3 Å². The summed E-state index contributed by atoms with van der Waals surface area (Å²) in [5.74, 6) is -0.00907. The van der Waals surface area contributed by atoms with E-state index in [2.05, 4.69) is 0 Å². The predicted octanol–water partition coefficient (Wildman–Crippen LogP) is 2.93. The molecule has 0 saturated carbocycles. The number of ether oxygens (including phenoxy) is 1. The van der Waals surface area contributed by atoms with Crippen LogP contribution >= 0.6 is 0 Å². The Morgan fingerprint density at radius 2 is 2.15 bits per heavy atom. The van der Waals surface area contributed by atoms with E-state index < -0.39 is 0 Å². The molecule has 0 aliphatic rings. The first-order chi connectivity index (χ1) is 6.26. The van der Waals surface area contributed by atoms with E-state index in [0.717, 1.165) is 19.3 Å². The van der Waals surface area contributed by atoms with Crippen LogP contribution < -0.4 is 0 Å². The van der Waals surface area contributed by atoms with Crippen LogP contribution in [0.4, 0.5) is 0 Å². The number of hydrogen-bond acceptors (Lipinski definition) is 2. The average Bonchev–Trinajstić information content (AvgIpc) is 2.16. The van der Waals surface area contributed by atoms with E-state index in [4.69, 9.17) is 4.74 Å². The van der Waals surface area contributed by atoms with Gasteiger partial charge < -0.3 is 4.74 Å². The van der Waals surface area contributed by atoms with E-state index >= 15 is 0 Å². The molecule has 0 amide bonds. The Balaban J connectivity index is 3.84. The molecule has 0 rings (SSSR count). The smallest absolute Gasteiger partial charge is 0.309 e. The van der Waals surface area contributed by atoms with Crippen molar-refractivity contribution in [1.82, 2.24) is 0 Å². The van der Waals surface area contributed by atoms with Crippen molar-refractivity contribution < 1.29 is 9.53 Å². The lowest BCUT2D eigenvalue weighted by atomic mass is 10.0. The van der Waals surface area contributed by atoms with Crippen LogP contribution in [0.25, 0.3) is 0 Å². The second-order valence-corrected chi connectivity index (χ2v) is 3.08. The maximum absolute atomic E-state index is 11.4. The Morgan fingerprint density at radius 3 is 2.62 bits per heavy atom. The van der Waals surface area contributed by atoms with Gasteiger partial charge in [0.15, 0.2) is 0 Å². The summed E-state index contributed by atoms with van der Waals surface area (Å²) in [5.41, 5.74) is 0. The fraction of sp³-hybridized carbons (Fsp3) is 0.727. The number of hydrogen-bond donors (Lipinski definition) is 0. The zero-order chi connectivity index (χ0) is 10.1. The molecule has 13 heavy (non-hydrogen) atoms. The van der Waals surface area contributed by atoms with Crippen molar-refractivity contribution in [2.45, 2.75) is 40.0 Å². The van der Waals surface area contributed by atoms with Crippen molar-refractivity contribution in [2.75, 3.05) is 6.61 Å². The van der Waals surface area contributed by atoms with Gasteiger partial charge in [-0.25, -0.2) is 0 Å². The van der Waals surface area contributed by atoms with Gasteiger partial charge in [0.25, 0.3) is 0 Å². The van der Waals surface area contributed by atoms with E-state index in [1.807, 2.05) is 32.9 Å². The van der Waals surface area contributed by atoms with E-state index in [-0.39, 0.29) is 11.9 Å². The molecule has 0 bridgehead atoms. The molecular weight excluding hydrogens is 164 g/mol. The lowest BCUT2D eigenvalue weighted by molar-refractivity contribution is -0.148. The molecule has 0 aromatic carbocycles. The second-order valence-electron chi connectivity index (χ2n) is 3.08. The normalized spacial score (nSPS) is 13.2. The Bertz CT molecular complexity index is 161. The van der Waals surface area contributed by atoms with E-state index in [1.54, 1.807) is 0 Å². The van der Waals surface area contributed by atoms with Gasteiger partial charge >= 0.3 is 5.97 Å². The summed E-state index contributed by atoms with van der Waals surface area (Å²) in [5, 5.41) is 0. The van der Waals surface area contributed by atoms with Gasteiger partial charge in [-0.15, -0.1) is 0 Å². The molecule has 2 nitrogen and oxygen atoms in total. The zero-order valence-electron chi connectivity index (χ0n) is 8.88. The van der Waals surface area contributed by atoms with Crippen LogP contribution in [0.15, 0.2) is 12.2 Å². The molecule has 0 aliphatic carbocycles. The van der Waals surface area contributed by atoms with Crippen molar-refractivity contribution in [1.29, 1.82) is 0 Å². The molecule has 2 heteroatoms. The fourth-order valence-electron chi connectivity index (χ4n) is 1.05. The first-order valence-electron chi connectivity index (χ1n) is 5.04. The summed E-state index contributed by atoms with van der Waals surface area (Å²) < 4.78 is 5.07. The molecule has 0 aliphatic heterocycles. The Morgan fingerprint density at radius 1 is 1.46 bits per heavy atom. The summed E-state index contributed by atoms with van der Waals surface area (Å²) in [7, 11) is 0. The minimum atomic E-state index is -0.0533. The maximum Gasteiger partial charge on any atom is 0.309 e. The second kappa shape index (κ2) is 7.84. The van der Waals surface area contributed by atoms with E-state index in [1.165, 1.54) is 0 Å². The Kier molecular flexibility index (Phi) is 7.36. The highest BCUT2D eigenvalue weighted by atomic mass is 16.5. The van der Waals surface area contributed by atoms with Crippen LogP contribution in [0.2, 0.25) is 0 Å². The molecule has 1 atom stereocenters. The van der Waals surface area contributed by atoms with Crippen LogP contribution in [-0.2, 0) is 9.53 Å². The van der Waals surface area contributed by atoms with Gasteiger partial charge in [0.1, 0.15) is 0 Å². The van der Waals surface area contributed by atoms with Crippen molar-refractivity contribution in [3.63, 3.8) is 0 Å². The minimum Gasteiger partial charge on any atom is -0.465 e. The summed E-state index contributed by atoms with van der Waals surface area (Å²) in [6, 6.07) is 0. The zero-order valence-corrected chi connectivity index (χ0v) is 8.88. The first-order valence-corrected chi connectivity index (χ1v) is 5.04. The lowest BCUT2D eigenvalue weighted by Gasteiger charge is -2.11. The van der Waals surface area contributed by atoms with Gasteiger partial charge in [0.05, 0.1) is 12.5 Å². The van der Waals surface area contributed by atoms with Crippen molar-refractivity contribution >= 4 is 5.97 Å². The van der Waals surface area contributed by atoms with Crippen LogP contribution in [0.3, 0.4) is 0 Å². The van der Waals surface area contributed by atoms with Gasteiger partial charge in [0, 0.05) is 0 Å². The van der Waals surface area contributed by atoms with E-state index in [9.17, 15) is 4.79 Å². The maximum atomic E-state index is 11.4. The molecular formula is C11H20O2. The Hall–Kier alpha value is -0.790. The summed E-state index contributed by atoms with van der Waals surface area (Å²) >= 11 is 0. The first kappa shape index (κ1) is 12.2. The van der Waals surface area contributed by atoms with Crippen LogP contribution in [-0.4, -0.2) is 12.6 Å². The number of carbonyl (C=O) groups excluding carboxylic acids is 1. The quantitative estimate of drug-likeness (QED) is 0.468. The molecule has 0 N–H and O–H groups in total. The van der Waals surface area contributed by atoms with Crippen LogP contribution in [0.5, 0.6) is 0 Å². The number of esters is 1. The molecule has 76 valence electrons. The van der Waals surface area contributed by atoms with E-state index in [0.29, 0.717) is 6.61 Å². The summed E-state index contributed by atoms with van der Waals surface area (Å²) in [4.78, 5) is 11.4. The summed E-state index contributed by atoms with van der Waals surface area (Å²) in [6.45, 7) is 6.52. The number of allylic oxidation sites excluding steroid dienone is 2. The number of carbonyl (C=O) groups is 1. The standard InChI is InChI=1S/C11H20O2/c1-4-7-8-10(6-3)11(12)13-9-5-2/h4,7,10H,5-6,8-9H2,1-3H3. The van der Waals surface area contributed by atoms with Crippen molar-refractivity contribution in [2.24, 2.45) is 5.92 Å². The third-order valence-corrected chi connectivity index (χ3v) is 1.93. The molecule has 1 unspecified atom stereocenters. The lowest BCUT2D eigenvalue weighted by Crippen LogP contribution is -2.16. The van der Waals surface area contributed by atoms with Crippen LogP contribution in [0, 0.1) is 5.92 Å². The molecule has 0 heterocycles. The predicted molar refractivity (Wildman–Crippen MR) is 54.5 cm³/mol. The van der Waals surface area contributed by atoms with Crippen molar-refractivity contribution in [3.05, 3.63) is 12.2 Å². The largest absolute Gasteiger partial charge is 0.465 e.